The lowest BCUT2D eigenvalue weighted by molar-refractivity contribution is -0.142. The summed E-state index contributed by atoms with van der Waals surface area (Å²) in [5, 5.41) is 14.6. The zero-order chi connectivity index (χ0) is 32.6. The molecule has 9 heteroatoms. The van der Waals surface area contributed by atoms with E-state index < -0.39 is 29.3 Å². The maximum atomic E-state index is 15.0. The molecule has 6 nitrogen and oxygen atoms in total. The van der Waals surface area contributed by atoms with Gasteiger partial charge in [0.1, 0.15) is 5.54 Å². The molecule has 1 aliphatic heterocycles. The number of benzene rings is 4. The lowest BCUT2D eigenvalue weighted by Gasteiger charge is -2.36. The van der Waals surface area contributed by atoms with Crippen LogP contribution in [-0.2, 0) is 16.5 Å². The van der Waals surface area contributed by atoms with Gasteiger partial charge in [0.05, 0.1) is 11.4 Å². The van der Waals surface area contributed by atoms with Crippen LogP contribution in [0.1, 0.15) is 35.2 Å². The summed E-state index contributed by atoms with van der Waals surface area (Å²) in [5.74, 6) is -1.21. The number of fused-ring (bicyclic) bond motifs is 1. The molecule has 0 atom stereocenters. The second kappa shape index (κ2) is 12.1. The van der Waals surface area contributed by atoms with E-state index >= 15 is 0 Å². The first-order valence-corrected chi connectivity index (χ1v) is 15.5. The van der Waals surface area contributed by atoms with Crippen LogP contribution in [0.2, 0.25) is 0 Å². The molecular formula is C38H31F3N4O2. The smallest absolute Gasteiger partial charge is 0.435 e. The highest BCUT2D eigenvalue weighted by atomic mass is 19.4. The number of halogens is 3. The number of nitrogens with zero attached hydrogens (tertiary/aromatic N) is 4. The quantitative estimate of drug-likeness (QED) is 0.180. The molecular weight excluding hydrogens is 601 g/mol. The predicted molar refractivity (Wildman–Crippen MR) is 175 cm³/mol. The number of carboxylic acid groups (broad SMARTS) is 1. The molecule has 0 radical (unpaired) electrons. The Morgan fingerprint density at radius 1 is 0.766 bits per heavy atom. The van der Waals surface area contributed by atoms with Gasteiger partial charge in [-0.25, -0.2) is 0 Å². The second-order valence-corrected chi connectivity index (χ2v) is 11.8. The molecule has 0 amide bonds. The van der Waals surface area contributed by atoms with Crippen LogP contribution in [0.4, 0.5) is 18.9 Å². The van der Waals surface area contributed by atoms with Gasteiger partial charge in [-0.3, -0.25) is 14.5 Å². The molecule has 2 aromatic heterocycles. The highest BCUT2D eigenvalue weighted by Gasteiger charge is 2.44. The van der Waals surface area contributed by atoms with E-state index in [0.29, 0.717) is 42.4 Å². The Labute approximate surface area is 269 Å². The first-order chi connectivity index (χ1) is 22.8. The number of hydrogen-bond acceptors (Lipinski definition) is 4. The first kappa shape index (κ1) is 30.2. The molecule has 1 aliphatic rings. The first-order valence-electron chi connectivity index (χ1n) is 15.5. The van der Waals surface area contributed by atoms with Crippen molar-refractivity contribution in [2.75, 3.05) is 18.0 Å². The number of carboxylic acids is 1. The minimum Gasteiger partial charge on any atom is -0.481 e. The monoisotopic (exact) mass is 632 g/mol. The van der Waals surface area contributed by atoms with E-state index in [9.17, 15) is 23.1 Å². The van der Waals surface area contributed by atoms with Crippen LogP contribution in [0.3, 0.4) is 0 Å². The van der Waals surface area contributed by atoms with Crippen LogP contribution in [0.25, 0.3) is 22.0 Å². The van der Waals surface area contributed by atoms with Gasteiger partial charge in [0.2, 0.25) is 0 Å². The lowest BCUT2D eigenvalue weighted by atomic mass is 9.77. The molecule has 236 valence electrons. The molecule has 4 aromatic carbocycles. The van der Waals surface area contributed by atoms with Gasteiger partial charge in [-0.15, -0.1) is 0 Å². The zero-order valence-corrected chi connectivity index (χ0v) is 25.3. The van der Waals surface area contributed by atoms with E-state index in [2.05, 4.69) is 15.0 Å². The lowest BCUT2D eigenvalue weighted by Crippen LogP contribution is -2.38. The van der Waals surface area contributed by atoms with E-state index in [1.54, 1.807) is 24.4 Å². The molecule has 1 fully saturated rings. The van der Waals surface area contributed by atoms with E-state index in [1.165, 1.54) is 10.9 Å². The van der Waals surface area contributed by atoms with E-state index in [4.69, 9.17) is 0 Å². The van der Waals surface area contributed by atoms with Crippen molar-refractivity contribution in [2.24, 2.45) is 5.92 Å². The van der Waals surface area contributed by atoms with E-state index in [0.717, 1.165) is 22.4 Å². The molecule has 47 heavy (non-hydrogen) atoms. The number of piperidine rings is 1. The molecule has 7 rings (SSSR count). The van der Waals surface area contributed by atoms with Crippen molar-refractivity contribution < 1.29 is 23.1 Å². The summed E-state index contributed by atoms with van der Waals surface area (Å²) in [6, 6.07) is 35.3. The maximum absolute atomic E-state index is 15.0. The van der Waals surface area contributed by atoms with Gasteiger partial charge in [-0.05, 0) is 53.3 Å². The molecule has 6 aromatic rings. The Hall–Kier alpha value is -5.44. The fourth-order valence-electron chi connectivity index (χ4n) is 6.84. The summed E-state index contributed by atoms with van der Waals surface area (Å²) in [5.41, 5.74) is 1.82. The Kier molecular flexibility index (Phi) is 7.75. The molecule has 3 heterocycles. The van der Waals surface area contributed by atoms with Crippen molar-refractivity contribution >= 4 is 22.6 Å². The SMILES string of the molecule is O=C(O)C1CCN(c2ccnc3ccc(-c4cn(C(c5ccccc5)(c5ccccc5)c5ccccc5)nc4C(F)(F)F)cc23)CC1. The Morgan fingerprint density at radius 2 is 1.32 bits per heavy atom. The van der Waals surface area contributed by atoms with Crippen LogP contribution in [0, 0.1) is 5.92 Å². The van der Waals surface area contributed by atoms with Crippen molar-refractivity contribution in [3.63, 3.8) is 0 Å². The Morgan fingerprint density at radius 3 is 1.83 bits per heavy atom. The van der Waals surface area contributed by atoms with Crippen LogP contribution in [0.15, 0.2) is 128 Å². The van der Waals surface area contributed by atoms with E-state index in [-0.39, 0.29) is 5.56 Å². The highest BCUT2D eigenvalue weighted by molar-refractivity contribution is 5.95. The summed E-state index contributed by atoms with van der Waals surface area (Å²) >= 11 is 0. The largest absolute Gasteiger partial charge is 0.481 e. The van der Waals surface area contributed by atoms with Crippen LogP contribution >= 0.6 is 0 Å². The topological polar surface area (TPSA) is 71.2 Å². The van der Waals surface area contributed by atoms with Gasteiger partial charge >= 0.3 is 12.1 Å². The van der Waals surface area contributed by atoms with Gasteiger partial charge in [-0.1, -0.05) is 97.1 Å². The van der Waals surface area contributed by atoms with Crippen molar-refractivity contribution in [1.29, 1.82) is 0 Å². The zero-order valence-electron chi connectivity index (χ0n) is 25.3. The van der Waals surface area contributed by atoms with Crippen LogP contribution in [-0.4, -0.2) is 38.9 Å². The van der Waals surface area contributed by atoms with Crippen molar-refractivity contribution in [3.8, 4) is 11.1 Å². The van der Waals surface area contributed by atoms with Gasteiger partial charge < -0.3 is 10.0 Å². The molecule has 0 bridgehead atoms. The van der Waals surface area contributed by atoms with E-state index in [1.807, 2.05) is 97.1 Å². The normalized spacial score (nSPS) is 14.4. The third-order valence-corrected chi connectivity index (χ3v) is 9.12. The fraction of sp³-hybridized carbons (Fsp3) is 0.184. The third-order valence-electron chi connectivity index (χ3n) is 9.12. The molecule has 0 aliphatic carbocycles. The van der Waals surface area contributed by atoms with Crippen molar-refractivity contribution in [3.05, 3.63) is 150 Å². The third kappa shape index (κ3) is 5.41. The number of anilines is 1. The molecule has 1 saturated heterocycles. The maximum Gasteiger partial charge on any atom is 0.435 e. The average Bonchev–Trinajstić information content (AvgIpc) is 3.56. The second-order valence-electron chi connectivity index (χ2n) is 11.8. The number of aromatic nitrogens is 3. The number of alkyl halides is 3. The van der Waals surface area contributed by atoms with Gasteiger partial charge in [0, 0.05) is 42.1 Å². The van der Waals surface area contributed by atoms with Gasteiger partial charge in [0.25, 0.3) is 0 Å². The number of rotatable bonds is 7. The Bertz CT molecular complexity index is 1920. The number of pyridine rings is 1. The Balaban J connectivity index is 1.44. The minimum atomic E-state index is -4.75. The van der Waals surface area contributed by atoms with Crippen molar-refractivity contribution in [1.82, 2.24) is 14.8 Å². The summed E-state index contributed by atoms with van der Waals surface area (Å²) in [7, 11) is 0. The average molecular weight is 633 g/mol. The summed E-state index contributed by atoms with van der Waals surface area (Å²) in [4.78, 5) is 18.1. The standard InChI is InChI=1S/C38H31F3N4O2/c39-38(40,41)35-32(27-16-17-33-31(24-27)34(18-21-42-33)44-22-19-26(20-23-44)36(46)47)25-45(43-35)37(28-10-4-1-5-11-28,29-12-6-2-7-13-29)30-14-8-3-9-15-30/h1-18,21,24-26H,19-20,22-23H2,(H,46,47). The highest BCUT2D eigenvalue weighted by Crippen LogP contribution is 2.45. The predicted octanol–water partition coefficient (Wildman–Crippen LogP) is 8.26. The van der Waals surface area contributed by atoms with Crippen LogP contribution < -0.4 is 4.90 Å². The fourth-order valence-corrected chi connectivity index (χ4v) is 6.84. The number of hydrogen-bond donors (Lipinski definition) is 1. The number of carbonyl (C=O) groups is 1. The van der Waals surface area contributed by atoms with Gasteiger partial charge in [0.15, 0.2) is 5.69 Å². The molecule has 0 saturated carbocycles. The molecule has 0 unspecified atom stereocenters. The summed E-state index contributed by atoms with van der Waals surface area (Å²) < 4.78 is 46.4. The summed E-state index contributed by atoms with van der Waals surface area (Å²) in [6.45, 7) is 1.06. The van der Waals surface area contributed by atoms with Crippen molar-refractivity contribution in [2.45, 2.75) is 24.6 Å². The molecule has 1 N–H and O–H groups in total. The minimum absolute atomic E-state index is 0.0500. The summed E-state index contributed by atoms with van der Waals surface area (Å²) in [6.07, 6.45) is -0.588. The van der Waals surface area contributed by atoms with Gasteiger partial charge in [-0.2, -0.15) is 18.3 Å². The number of aliphatic carboxylic acids is 1. The van der Waals surface area contributed by atoms with Crippen LogP contribution in [0.5, 0.6) is 0 Å². The molecule has 0 spiro atoms.